The Labute approximate surface area is 101 Å². The van der Waals surface area contributed by atoms with Gasteiger partial charge in [-0.05, 0) is 24.1 Å². The molecule has 0 radical (unpaired) electrons. The van der Waals surface area contributed by atoms with Gasteiger partial charge in [-0.1, -0.05) is 12.1 Å². The second-order valence-corrected chi connectivity index (χ2v) is 3.63. The first-order valence-electron chi connectivity index (χ1n) is 5.37. The van der Waals surface area contributed by atoms with Crippen LogP contribution in [0.3, 0.4) is 0 Å². The van der Waals surface area contributed by atoms with Crippen molar-refractivity contribution in [3.8, 4) is 5.75 Å². The summed E-state index contributed by atoms with van der Waals surface area (Å²) in [5, 5.41) is 0. The van der Waals surface area contributed by atoms with Gasteiger partial charge in [0.05, 0.1) is 14.2 Å². The third-order valence-corrected chi connectivity index (χ3v) is 2.57. The van der Waals surface area contributed by atoms with E-state index in [0.29, 0.717) is 12.2 Å². The molecule has 1 aromatic carbocycles. The second-order valence-electron chi connectivity index (χ2n) is 3.63. The molecule has 1 rings (SSSR count). The van der Waals surface area contributed by atoms with Gasteiger partial charge in [-0.15, -0.1) is 0 Å². The molecule has 0 aliphatic heterocycles. The maximum absolute atomic E-state index is 11.0. The Morgan fingerprint density at radius 2 is 2.18 bits per heavy atom. The van der Waals surface area contributed by atoms with Crippen LogP contribution >= 0.6 is 0 Å². The van der Waals surface area contributed by atoms with Crippen LogP contribution < -0.4 is 4.74 Å². The van der Waals surface area contributed by atoms with Gasteiger partial charge in [-0.3, -0.25) is 4.79 Å². The Bertz CT molecular complexity index is 387. The van der Waals surface area contributed by atoms with Crippen LogP contribution in [0.5, 0.6) is 5.75 Å². The summed E-state index contributed by atoms with van der Waals surface area (Å²) in [7, 11) is 2.91. The van der Waals surface area contributed by atoms with Crippen LogP contribution in [-0.2, 0) is 14.3 Å². The van der Waals surface area contributed by atoms with Gasteiger partial charge in [0.1, 0.15) is 12.0 Å². The van der Waals surface area contributed by atoms with Crippen molar-refractivity contribution in [3.63, 3.8) is 0 Å². The smallest absolute Gasteiger partial charge is 0.305 e. The molecular weight excluding hydrogens is 220 g/mol. The van der Waals surface area contributed by atoms with E-state index in [1.54, 1.807) is 13.2 Å². The van der Waals surface area contributed by atoms with E-state index < -0.39 is 0 Å². The van der Waals surface area contributed by atoms with Crippen molar-refractivity contribution in [2.24, 2.45) is 0 Å². The third-order valence-electron chi connectivity index (χ3n) is 2.57. The lowest BCUT2D eigenvalue weighted by Gasteiger charge is -2.11. The molecule has 4 nitrogen and oxygen atoms in total. The van der Waals surface area contributed by atoms with E-state index in [1.165, 1.54) is 7.11 Å². The number of hydrogen-bond donors (Lipinski definition) is 0. The summed E-state index contributed by atoms with van der Waals surface area (Å²) < 4.78 is 9.64. The first-order chi connectivity index (χ1) is 8.21. The van der Waals surface area contributed by atoms with Crippen LogP contribution in [0.4, 0.5) is 0 Å². The third kappa shape index (κ3) is 3.90. The summed E-state index contributed by atoms with van der Waals surface area (Å²) in [4.78, 5) is 22.0. The highest BCUT2D eigenvalue weighted by Crippen LogP contribution is 2.23. The zero-order chi connectivity index (χ0) is 12.7. The first kappa shape index (κ1) is 13.2. The first-order valence-corrected chi connectivity index (χ1v) is 5.37. The van der Waals surface area contributed by atoms with E-state index in [0.717, 1.165) is 11.8 Å². The molecule has 1 atom stereocenters. The van der Waals surface area contributed by atoms with Gasteiger partial charge >= 0.3 is 5.97 Å². The highest BCUT2D eigenvalue weighted by molar-refractivity contribution is 5.71. The molecule has 92 valence electrons. The zero-order valence-corrected chi connectivity index (χ0v) is 10.0. The van der Waals surface area contributed by atoms with Crippen molar-refractivity contribution >= 4 is 12.3 Å². The summed E-state index contributed by atoms with van der Waals surface area (Å²) >= 11 is 0. The molecule has 0 saturated heterocycles. The van der Waals surface area contributed by atoms with Gasteiger partial charge in [-0.25, -0.2) is 0 Å². The molecular formula is C13H16O4. The number of hydrogen-bond acceptors (Lipinski definition) is 4. The van der Waals surface area contributed by atoms with Crippen LogP contribution in [0.1, 0.15) is 24.3 Å². The summed E-state index contributed by atoms with van der Waals surface area (Å²) in [6.45, 7) is 0. The maximum Gasteiger partial charge on any atom is 0.305 e. The Morgan fingerprint density at radius 1 is 1.41 bits per heavy atom. The van der Waals surface area contributed by atoms with Crippen LogP contribution in [0.2, 0.25) is 0 Å². The number of benzene rings is 1. The molecule has 0 aliphatic rings. The average Bonchev–Trinajstić information content (AvgIpc) is 2.39. The second kappa shape index (κ2) is 6.68. The Morgan fingerprint density at radius 3 is 2.76 bits per heavy atom. The zero-order valence-electron chi connectivity index (χ0n) is 10.0. The van der Waals surface area contributed by atoms with Gasteiger partial charge in [0, 0.05) is 12.3 Å². The predicted molar refractivity (Wildman–Crippen MR) is 63.0 cm³/mol. The Kier molecular flexibility index (Phi) is 5.20. The quantitative estimate of drug-likeness (QED) is 0.559. The predicted octanol–water partition coefficient (Wildman–Crippen LogP) is 1.93. The number of ether oxygens (including phenoxy) is 2. The number of carbonyl (C=O) groups is 2. The molecule has 0 spiro atoms. The molecule has 0 aliphatic carbocycles. The Balaban J connectivity index is 2.71. The van der Waals surface area contributed by atoms with Crippen LogP contribution in [0, 0.1) is 0 Å². The molecule has 0 amide bonds. The molecule has 4 heteroatoms. The number of aldehydes is 1. The highest BCUT2D eigenvalue weighted by atomic mass is 16.5. The normalized spacial score (nSPS) is 11.6. The van der Waals surface area contributed by atoms with Gasteiger partial charge in [0.2, 0.25) is 0 Å². The number of carbonyl (C=O) groups excluding carboxylic acids is 2. The SMILES string of the molecule is COC(=O)CC[C@@H](C=O)c1cccc(OC)c1. The van der Waals surface area contributed by atoms with Gasteiger partial charge < -0.3 is 14.3 Å². The fraction of sp³-hybridized carbons (Fsp3) is 0.385. The summed E-state index contributed by atoms with van der Waals surface area (Å²) in [5.41, 5.74) is 0.850. The van der Waals surface area contributed by atoms with E-state index in [9.17, 15) is 9.59 Å². The average molecular weight is 236 g/mol. The van der Waals surface area contributed by atoms with Crippen molar-refractivity contribution in [1.29, 1.82) is 0 Å². The lowest BCUT2D eigenvalue weighted by atomic mass is 9.95. The van der Waals surface area contributed by atoms with Gasteiger partial charge in [0.25, 0.3) is 0 Å². The summed E-state index contributed by atoms with van der Waals surface area (Å²) in [5.74, 6) is 0.0939. The molecule has 0 heterocycles. The van der Waals surface area contributed by atoms with E-state index >= 15 is 0 Å². The molecule has 1 aromatic rings. The van der Waals surface area contributed by atoms with Crippen molar-refractivity contribution in [3.05, 3.63) is 29.8 Å². The van der Waals surface area contributed by atoms with Crippen LogP contribution in [0.15, 0.2) is 24.3 Å². The van der Waals surface area contributed by atoms with Crippen LogP contribution in [-0.4, -0.2) is 26.5 Å². The molecule has 0 unspecified atom stereocenters. The van der Waals surface area contributed by atoms with Gasteiger partial charge in [-0.2, -0.15) is 0 Å². The monoisotopic (exact) mass is 236 g/mol. The van der Waals surface area contributed by atoms with Crippen LogP contribution in [0.25, 0.3) is 0 Å². The van der Waals surface area contributed by atoms with E-state index in [4.69, 9.17) is 4.74 Å². The molecule has 0 N–H and O–H groups in total. The fourth-order valence-corrected chi connectivity index (χ4v) is 1.56. The minimum atomic E-state index is -0.306. The molecule has 0 aromatic heterocycles. The topological polar surface area (TPSA) is 52.6 Å². The highest BCUT2D eigenvalue weighted by Gasteiger charge is 2.13. The molecule has 0 fully saturated rings. The molecule has 0 bridgehead atoms. The van der Waals surface area contributed by atoms with E-state index in [1.807, 2.05) is 18.2 Å². The summed E-state index contributed by atoms with van der Waals surface area (Å²) in [6, 6.07) is 7.28. The van der Waals surface area contributed by atoms with E-state index in [-0.39, 0.29) is 18.3 Å². The number of methoxy groups -OCH3 is 2. The number of rotatable bonds is 6. The lowest BCUT2D eigenvalue weighted by molar-refractivity contribution is -0.140. The van der Waals surface area contributed by atoms with E-state index in [2.05, 4.69) is 4.74 Å². The largest absolute Gasteiger partial charge is 0.497 e. The minimum absolute atomic E-state index is 0.233. The van der Waals surface area contributed by atoms with Gasteiger partial charge in [0.15, 0.2) is 0 Å². The van der Waals surface area contributed by atoms with Crippen molar-refractivity contribution in [2.75, 3.05) is 14.2 Å². The van der Waals surface area contributed by atoms with Crippen molar-refractivity contribution in [2.45, 2.75) is 18.8 Å². The maximum atomic E-state index is 11.0. The Hall–Kier alpha value is -1.84. The van der Waals surface area contributed by atoms with Crippen molar-refractivity contribution < 1.29 is 19.1 Å². The lowest BCUT2D eigenvalue weighted by Crippen LogP contribution is -2.06. The minimum Gasteiger partial charge on any atom is -0.497 e. The number of esters is 1. The standard InChI is InChI=1S/C13H16O4/c1-16-12-5-3-4-10(8-12)11(9-14)6-7-13(15)17-2/h3-5,8-9,11H,6-7H2,1-2H3/t11-/m0/s1. The summed E-state index contributed by atoms with van der Waals surface area (Å²) in [6.07, 6.45) is 1.53. The molecule has 17 heavy (non-hydrogen) atoms. The fourth-order valence-electron chi connectivity index (χ4n) is 1.56. The van der Waals surface area contributed by atoms with Crippen molar-refractivity contribution in [1.82, 2.24) is 0 Å². The molecule has 0 saturated carbocycles.